The van der Waals surface area contributed by atoms with Crippen molar-refractivity contribution in [3.8, 4) is 0 Å². The largest absolute Gasteiger partial charge is 0.393 e. The highest BCUT2D eigenvalue weighted by atomic mass is 16.3. The molecule has 1 amide bonds. The molecule has 5 heteroatoms. The summed E-state index contributed by atoms with van der Waals surface area (Å²) in [6.07, 6.45) is 1.86. The van der Waals surface area contributed by atoms with Crippen molar-refractivity contribution < 1.29 is 9.90 Å². The zero-order valence-corrected chi connectivity index (χ0v) is 12.6. The van der Waals surface area contributed by atoms with Gasteiger partial charge in [-0.25, -0.2) is 0 Å². The predicted molar refractivity (Wildman–Crippen MR) is 83.9 cm³/mol. The summed E-state index contributed by atoms with van der Waals surface area (Å²) >= 11 is 0. The fourth-order valence-electron chi connectivity index (χ4n) is 2.74. The van der Waals surface area contributed by atoms with Crippen molar-refractivity contribution in [3.63, 3.8) is 0 Å². The lowest BCUT2D eigenvalue weighted by Crippen LogP contribution is -2.35. The van der Waals surface area contributed by atoms with Gasteiger partial charge < -0.3 is 16.2 Å². The van der Waals surface area contributed by atoms with E-state index in [0.29, 0.717) is 6.42 Å². The first-order valence-electron chi connectivity index (χ1n) is 7.57. The average Bonchev–Trinajstić information content (AvgIpc) is 2.42. The van der Waals surface area contributed by atoms with Gasteiger partial charge in [-0.05, 0) is 31.4 Å². The standard InChI is InChI=1S/C16H25N3O2/c1-12(10-16(17)21)18-15-5-3-2-4-13(15)11-19-8-6-14(20)7-9-19/h2-5,12,14,18,20H,6-11H2,1H3,(H2,17,21). The molecule has 1 saturated heterocycles. The van der Waals surface area contributed by atoms with E-state index in [2.05, 4.69) is 16.3 Å². The van der Waals surface area contributed by atoms with Crippen LogP contribution in [0.2, 0.25) is 0 Å². The maximum absolute atomic E-state index is 11.0. The van der Waals surface area contributed by atoms with E-state index in [-0.39, 0.29) is 18.1 Å². The molecule has 116 valence electrons. The Hall–Kier alpha value is -1.59. The second-order valence-electron chi connectivity index (χ2n) is 5.88. The topological polar surface area (TPSA) is 78.6 Å². The first-order chi connectivity index (χ1) is 10.0. The number of hydrogen-bond donors (Lipinski definition) is 3. The third-order valence-electron chi connectivity index (χ3n) is 3.88. The van der Waals surface area contributed by atoms with Crippen LogP contribution in [-0.2, 0) is 11.3 Å². The zero-order valence-electron chi connectivity index (χ0n) is 12.6. The minimum atomic E-state index is -0.294. The Balaban J connectivity index is 1.98. The normalized spacial score (nSPS) is 18.4. The summed E-state index contributed by atoms with van der Waals surface area (Å²) in [5.41, 5.74) is 7.50. The maximum atomic E-state index is 11.0. The van der Waals surface area contributed by atoms with Crippen molar-refractivity contribution in [2.75, 3.05) is 18.4 Å². The van der Waals surface area contributed by atoms with Crippen LogP contribution in [-0.4, -0.2) is 41.1 Å². The van der Waals surface area contributed by atoms with Crippen LogP contribution in [0, 0.1) is 0 Å². The van der Waals surface area contributed by atoms with E-state index in [1.165, 1.54) is 5.56 Å². The molecule has 1 aliphatic heterocycles. The quantitative estimate of drug-likeness (QED) is 0.738. The smallest absolute Gasteiger partial charge is 0.219 e. The Morgan fingerprint density at radius 1 is 1.43 bits per heavy atom. The Labute approximate surface area is 126 Å². The van der Waals surface area contributed by atoms with E-state index in [1.807, 2.05) is 25.1 Å². The molecular weight excluding hydrogens is 266 g/mol. The molecule has 5 nitrogen and oxygen atoms in total. The Kier molecular flexibility index (Phi) is 5.59. The first-order valence-corrected chi connectivity index (χ1v) is 7.57. The second kappa shape index (κ2) is 7.43. The number of likely N-dealkylation sites (tertiary alicyclic amines) is 1. The van der Waals surface area contributed by atoms with E-state index in [9.17, 15) is 9.90 Å². The number of nitrogens with two attached hydrogens (primary N) is 1. The van der Waals surface area contributed by atoms with Crippen molar-refractivity contribution in [1.29, 1.82) is 0 Å². The predicted octanol–water partition coefficient (Wildman–Crippen LogP) is 1.32. The molecule has 4 N–H and O–H groups in total. The highest BCUT2D eigenvalue weighted by molar-refractivity contribution is 5.75. The van der Waals surface area contributed by atoms with Gasteiger partial charge in [-0.3, -0.25) is 9.69 Å². The number of aliphatic hydroxyl groups excluding tert-OH is 1. The van der Waals surface area contributed by atoms with Crippen LogP contribution in [0.5, 0.6) is 0 Å². The number of piperidine rings is 1. The molecule has 1 atom stereocenters. The molecule has 0 bridgehead atoms. The molecule has 2 rings (SSSR count). The molecule has 0 saturated carbocycles. The number of nitrogens with one attached hydrogen (secondary N) is 1. The van der Waals surface area contributed by atoms with Gasteiger partial charge in [0.05, 0.1) is 6.10 Å². The molecule has 0 aliphatic carbocycles. The Morgan fingerprint density at radius 3 is 2.76 bits per heavy atom. The lowest BCUT2D eigenvalue weighted by molar-refractivity contribution is -0.118. The molecule has 0 radical (unpaired) electrons. The molecule has 1 aliphatic rings. The summed E-state index contributed by atoms with van der Waals surface area (Å²) < 4.78 is 0. The maximum Gasteiger partial charge on any atom is 0.219 e. The van der Waals surface area contributed by atoms with Crippen LogP contribution >= 0.6 is 0 Å². The van der Waals surface area contributed by atoms with Gasteiger partial charge >= 0.3 is 0 Å². The van der Waals surface area contributed by atoms with Gasteiger partial charge in [-0.2, -0.15) is 0 Å². The number of carbonyl (C=O) groups excluding carboxylic acids is 1. The molecule has 21 heavy (non-hydrogen) atoms. The van der Waals surface area contributed by atoms with Crippen molar-refractivity contribution in [2.24, 2.45) is 5.73 Å². The van der Waals surface area contributed by atoms with Gasteiger partial charge in [0.2, 0.25) is 5.91 Å². The number of para-hydroxylation sites is 1. The molecule has 0 spiro atoms. The van der Waals surface area contributed by atoms with Crippen LogP contribution in [0.4, 0.5) is 5.69 Å². The van der Waals surface area contributed by atoms with E-state index in [4.69, 9.17) is 5.73 Å². The van der Waals surface area contributed by atoms with Crippen LogP contribution < -0.4 is 11.1 Å². The fraction of sp³-hybridized carbons (Fsp3) is 0.562. The molecular formula is C16H25N3O2. The Morgan fingerprint density at radius 2 is 2.10 bits per heavy atom. The van der Waals surface area contributed by atoms with Crippen molar-refractivity contribution in [1.82, 2.24) is 4.90 Å². The number of nitrogens with zero attached hydrogens (tertiary/aromatic N) is 1. The van der Waals surface area contributed by atoms with Crippen LogP contribution in [0.15, 0.2) is 24.3 Å². The number of rotatable bonds is 6. The number of primary amides is 1. The monoisotopic (exact) mass is 291 g/mol. The van der Waals surface area contributed by atoms with Gasteiger partial charge in [0.1, 0.15) is 0 Å². The number of carbonyl (C=O) groups is 1. The highest BCUT2D eigenvalue weighted by Crippen LogP contribution is 2.21. The SMILES string of the molecule is CC(CC(N)=O)Nc1ccccc1CN1CCC(O)CC1. The fourth-order valence-corrected chi connectivity index (χ4v) is 2.74. The number of aliphatic hydroxyl groups is 1. The number of hydrogen-bond acceptors (Lipinski definition) is 4. The summed E-state index contributed by atoms with van der Waals surface area (Å²) in [7, 11) is 0. The van der Waals surface area contributed by atoms with Gasteiger partial charge in [-0.15, -0.1) is 0 Å². The summed E-state index contributed by atoms with van der Waals surface area (Å²) in [5.74, 6) is -0.294. The molecule has 1 fully saturated rings. The molecule has 0 aromatic heterocycles. The van der Waals surface area contributed by atoms with Crippen molar-refractivity contribution in [2.45, 2.75) is 44.9 Å². The zero-order chi connectivity index (χ0) is 15.2. The van der Waals surface area contributed by atoms with Crippen LogP contribution in [0.25, 0.3) is 0 Å². The third-order valence-corrected chi connectivity index (χ3v) is 3.88. The lowest BCUT2D eigenvalue weighted by Gasteiger charge is -2.30. The van der Waals surface area contributed by atoms with E-state index < -0.39 is 0 Å². The van der Waals surface area contributed by atoms with Gasteiger partial charge in [0.25, 0.3) is 0 Å². The average molecular weight is 291 g/mol. The summed E-state index contributed by atoms with van der Waals surface area (Å²) in [6.45, 7) is 4.66. The van der Waals surface area contributed by atoms with E-state index in [1.54, 1.807) is 0 Å². The summed E-state index contributed by atoms with van der Waals surface area (Å²) in [4.78, 5) is 13.3. The lowest BCUT2D eigenvalue weighted by atomic mass is 10.1. The van der Waals surface area contributed by atoms with Crippen LogP contribution in [0.3, 0.4) is 0 Å². The minimum Gasteiger partial charge on any atom is -0.393 e. The molecule has 1 unspecified atom stereocenters. The Bertz CT molecular complexity index is 470. The second-order valence-corrected chi connectivity index (χ2v) is 5.88. The van der Waals surface area contributed by atoms with Gasteiger partial charge in [-0.1, -0.05) is 18.2 Å². The molecule has 1 aromatic carbocycles. The van der Waals surface area contributed by atoms with Crippen molar-refractivity contribution >= 4 is 11.6 Å². The number of anilines is 1. The van der Waals surface area contributed by atoms with Gasteiger partial charge in [0, 0.05) is 37.8 Å². The van der Waals surface area contributed by atoms with Crippen LogP contribution in [0.1, 0.15) is 31.7 Å². The highest BCUT2D eigenvalue weighted by Gasteiger charge is 2.18. The van der Waals surface area contributed by atoms with Gasteiger partial charge in [0.15, 0.2) is 0 Å². The third kappa shape index (κ3) is 5.02. The number of amides is 1. The first kappa shape index (κ1) is 15.8. The molecule has 1 aromatic rings. The summed E-state index contributed by atoms with van der Waals surface area (Å²) in [5, 5.41) is 12.9. The van der Waals surface area contributed by atoms with E-state index in [0.717, 1.165) is 38.2 Å². The van der Waals surface area contributed by atoms with E-state index >= 15 is 0 Å². The number of benzene rings is 1. The molecule has 1 heterocycles. The summed E-state index contributed by atoms with van der Waals surface area (Å²) in [6, 6.07) is 8.17. The minimum absolute atomic E-state index is 0.0202. The van der Waals surface area contributed by atoms with Crippen molar-refractivity contribution in [3.05, 3.63) is 29.8 Å².